The highest BCUT2D eigenvalue weighted by molar-refractivity contribution is 7.80. The van der Waals surface area contributed by atoms with Gasteiger partial charge in [-0.05, 0) is 42.8 Å². The average Bonchev–Trinajstić information content (AvgIpc) is 3.35. The van der Waals surface area contributed by atoms with E-state index in [1.54, 1.807) is 0 Å². The molecule has 1 saturated carbocycles. The minimum Gasteiger partial charge on any atom is -0.359 e. The summed E-state index contributed by atoms with van der Waals surface area (Å²) in [7, 11) is 0. The lowest BCUT2D eigenvalue weighted by Crippen LogP contribution is -2.49. The zero-order chi connectivity index (χ0) is 19.3. The molecule has 0 radical (unpaired) electrons. The minimum absolute atomic E-state index is 0.144. The van der Waals surface area contributed by atoms with Crippen molar-refractivity contribution in [1.82, 2.24) is 20.7 Å². The van der Waals surface area contributed by atoms with Crippen LogP contribution in [-0.4, -0.2) is 21.6 Å². The number of hydrogen-bond acceptors (Lipinski definition) is 2. The van der Waals surface area contributed by atoms with Gasteiger partial charge in [-0.3, -0.25) is 15.6 Å². The Kier molecular flexibility index (Phi) is 5.58. The number of thiocarbonyl (C=S) groups is 1. The van der Waals surface area contributed by atoms with Crippen LogP contribution in [0, 0.1) is 0 Å². The van der Waals surface area contributed by atoms with Crippen LogP contribution < -0.4 is 16.2 Å². The third kappa shape index (κ3) is 4.17. The van der Waals surface area contributed by atoms with E-state index in [9.17, 15) is 4.79 Å². The van der Waals surface area contributed by atoms with Gasteiger partial charge in [0.05, 0.1) is 0 Å². The standard InChI is InChI=1S/C22H24N4OS/c27-21(24-25-22(28)23-18-11-5-6-12-18)15-26-19-13-7-4-10-17(19)14-20(26)16-8-2-1-3-9-16/h1-4,7-10,13-14,18H,5-6,11-12,15H2,(H,24,27)(H2,23,25,28). The van der Waals surface area contributed by atoms with Crippen LogP contribution in [0.2, 0.25) is 0 Å². The summed E-state index contributed by atoms with van der Waals surface area (Å²) in [5.74, 6) is -0.144. The van der Waals surface area contributed by atoms with E-state index >= 15 is 0 Å². The Morgan fingerprint density at radius 1 is 1.00 bits per heavy atom. The molecule has 0 atom stereocenters. The Balaban J connectivity index is 1.47. The molecule has 1 amide bonds. The SMILES string of the molecule is O=C(Cn1c(-c2ccccc2)cc2ccccc21)NNC(=S)NC1CCCC1. The Hall–Kier alpha value is -2.86. The zero-order valence-corrected chi connectivity index (χ0v) is 16.5. The highest BCUT2D eigenvalue weighted by Crippen LogP contribution is 2.28. The molecule has 6 heteroatoms. The van der Waals surface area contributed by atoms with Crippen LogP contribution in [0.15, 0.2) is 60.7 Å². The molecule has 2 aromatic carbocycles. The molecule has 3 aromatic rings. The van der Waals surface area contributed by atoms with Crippen LogP contribution in [0.4, 0.5) is 0 Å². The number of amides is 1. The number of benzene rings is 2. The van der Waals surface area contributed by atoms with Gasteiger partial charge in [0.25, 0.3) is 5.91 Å². The van der Waals surface area contributed by atoms with E-state index < -0.39 is 0 Å². The van der Waals surface area contributed by atoms with Crippen molar-refractivity contribution >= 4 is 34.1 Å². The molecule has 4 rings (SSSR count). The fourth-order valence-electron chi connectivity index (χ4n) is 3.83. The van der Waals surface area contributed by atoms with Gasteiger partial charge in [-0.15, -0.1) is 0 Å². The molecule has 1 aliphatic rings. The lowest BCUT2D eigenvalue weighted by atomic mass is 10.1. The van der Waals surface area contributed by atoms with E-state index in [-0.39, 0.29) is 12.5 Å². The van der Waals surface area contributed by atoms with Crippen molar-refractivity contribution in [2.24, 2.45) is 0 Å². The van der Waals surface area contributed by atoms with Crippen molar-refractivity contribution in [1.29, 1.82) is 0 Å². The van der Waals surface area contributed by atoms with Gasteiger partial charge in [0.1, 0.15) is 6.54 Å². The summed E-state index contributed by atoms with van der Waals surface area (Å²) in [5.41, 5.74) is 8.69. The molecule has 28 heavy (non-hydrogen) atoms. The Morgan fingerprint density at radius 3 is 2.50 bits per heavy atom. The van der Waals surface area contributed by atoms with Crippen molar-refractivity contribution in [3.8, 4) is 11.3 Å². The quantitative estimate of drug-likeness (QED) is 0.468. The van der Waals surface area contributed by atoms with Gasteiger partial charge in [0.2, 0.25) is 0 Å². The van der Waals surface area contributed by atoms with Gasteiger partial charge in [0.15, 0.2) is 5.11 Å². The van der Waals surface area contributed by atoms with E-state index in [1.165, 1.54) is 12.8 Å². The molecule has 1 aliphatic carbocycles. The van der Waals surface area contributed by atoms with E-state index in [0.717, 1.165) is 35.0 Å². The fraction of sp³-hybridized carbons (Fsp3) is 0.273. The summed E-state index contributed by atoms with van der Waals surface area (Å²) in [6.07, 6.45) is 4.72. The van der Waals surface area contributed by atoms with Crippen molar-refractivity contribution in [2.45, 2.75) is 38.3 Å². The number of hydrazine groups is 1. The summed E-state index contributed by atoms with van der Waals surface area (Å²) >= 11 is 5.29. The van der Waals surface area contributed by atoms with Gasteiger partial charge < -0.3 is 9.88 Å². The lowest BCUT2D eigenvalue weighted by Gasteiger charge is -2.17. The molecule has 3 N–H and O–H groups in total. The van der Waals surface area contributed by atoms with Crippen LogP contribution >= 0.6 is 12.2 Å². The first-order valence-corrected chi connectivity index (χ1v) is 10.1. The summed E-state index contributed by atoms with van der Waals surface area (Å²) in [6, 6.07) is 20.8. The molecule has 1 heterocycles. The minimum atomic E-state index is -0.144. The molecular weight excluding hydrogens is 368 g/mol. The number of para-hydroxylation sites is 1. The molecule has 1 aromatic heterocycles. The maximum absolute atomic E-state index is 12.6. The van der Waals surface area contributed by atoms with Gasteiger partial charge in [-0.1, -0.05) is 61.4 Å². The molecule has 0 saturated heterocycles. The van der Waals surface area contributed by atoms with Crippen LogP contribution in [-0.2, 0) is 11.3 Å². The van der Waals surface area contributed by atoms with Crippen molar-refractivity contribution in [3.63, 3.8) is 0 Å². The molecule has 0 aliphatic heterocycles. The zero-order valence-electron chi connectivity index (χ0n) is 15.7. The lowest BCUT2D eigenvalue weighted by molar-refractivity contribution is -0.122. The Bertz CT molecular complexity index is 977. The van der Waals surface area contributed by atoms with E-state index in [4.69, 9.17) is 12.2 Å². The second kappa shape index (κ2) is 8.44. The Morgan fingerprint density at radius 2 is 1.71 bits per heavy atom. The van der Waals surface area contributed by atoms with E-state index in [0.29, 0.717) is 11.2 Å². The van der Waals surface area contributed by atoms with Crippen molar-refractivity contribution < 1.29 is 4.79 Å². The number of aromatic nitrogens is 1. The fourth-order valence-corrected chi connectivity index (χ4v) is 4.05. The summed E-state index contributed by atoms with van der Waals surface area (Å²) in [5, 5.41) is 4.84. The predicted molar refractivity (Wildman–Crippen MR) is 117 cm³/mol. The number of nitrogens with zero attached hydrogens (tertiary/aromatic N) is 1. The van der Waals surface area contributed by atoms with Crippen molar-refractivity contribution in [3.05, 3.63) is 60.7 Å². The van der Waals surface area contributed by atoms with Gasteiger partial charge in [-0.2, -0.15) is 0 Å². The number of carbonyl (C=O) groups is 1. The summed E-state index contributed by atoms with van der Waals surface area (Å²) in [6.45, 7) is 0.205. The van der Waals surface area contributed by atoms with Gasteiger partial charge in [-0.25, -0.2) is 0 Å². The first-order chi connectivity index (χ1) is 13.7. The first-order valence-electron chi connectivity index (χ1n) is 9.70. The number of rotatable bonds is 4. The predicted octanol–water partition coefficient (Wildman–Crippen LogP) is 3.75. The molecular formula is C22H24N4OS. The number of hydrogen-bond donors (Lipinski definition) is 3. The topological polar surface area (TPSA) is 58.1 Å². The summed E-state index contributed by atoms with van der Waals surface area (Å²) in [4.78, 5) is 12.6. The van der Waals surface area contributed by atoms with Crippen LogP contribution in [0.1, 0.15) is 25.7 Å². The van der Waals surface area contributed by atoms with Gasteiger partial charge >= 0.3 is 0 Å². The average molecular weight is 393 g/mol. The molecule has 144 valence electrons. The van der Waals surface area contributed by atoms with Crippen LogP contribution in [0.25, 0.3) is 22.2 Å². The highest BCUT2D eigenvalue weighted by Gasteiger charge is 2.16. The largest absolute Gasteiger partial charge is 0.359 e. The molecule has 0 spiro atoms. The van der Waals surface area contributed by atoms with E-state index in [1.807, 2.05) is 41.0 Å². The molecule has 0 unspecified atom stereocenters. The maximum Gasteiger partial charge on any atom is 0.258 e. The van der Waals surface area contributed by atoms with Crippen LogP contribution in [0.3, 0.4) is 0 Å². The third-order valence-corrected chi connectivity index (χ3v) is 5.41. The second-order valence-corrected chi connectivity index (χ2v) is 7.58. The van der Waals surface area contributed by atoms with Crippen molar-refractivity contribution in [2.75, 3.05) is 0 Å². The molecule has 0 bridgehead atoms. The number of carbonyl (C=O) groups excluding carboxylic acids is 1. The highest BCUT2D eigenvalue weighted by atomic mass is 32.1. The Labute approximate surface area is 170 Å². The first kappa shape index (κ1) is 18.5. The van der Waals surface area contributed by atoms with E-state index in [2.05, 4.69) is 40.4 Å². The number of fused-ring (bicyclic) bond motifs is 1. The summed E-state index contributed by atoms with van der Waals surface area (Å²) < 4.78 is 2.04. The van der Waals surface area contributed by atoms with Crippen LogP contribution in [0.5, 0.6) is 0 Å². The second-order valence-electron chi connectivity index (χ2n) is 7.17. The van der Waals surface area contributed by atoms with Gasteiger partial charge in [0, 0.05) is 22.6 Å². The third-order valence-electron chi connectivity index (χ3n) is 5.19. The maximum atomic E-state index is 12.6. The molecule has 5 nitrogen and oxygen atoms in total. The number of nitrogens with one attached hydrogen (secondary N) is 3. The smallest absolute Gasteiger partial charge is 0.258 e. The monoisotopic (exact) mass is 392 g/mol. The normalized spacial score (nSPS) is 14.1. The molecule has 1 fully saturated rings.